The highest BCUT2D eigenvalue weighted by molar-refractivity contribution is 8.22. The van der Waals surface area contributed by atoms with Crippen LogP contribution in [0.25, 0.3) is 0 Å². The van der Waals surface area contributed by atoms with Gasteiger partial charge in [-0.25, -0.2) is 10.9 Å². The average Bonchev–Trinajstić information content (AvgIpc) is 2.19. The smallest absolute Gasteiger partial charge is 0.0187 e. The largest absolute Gasteiger partial charge is 0.213 e. The summed E-state index contributed by atoms with van der Waals surface area (Å²) in [6.07, 6.45) is 5.63. The molecule has 0 unspecified atom stereocenters. The lowest BCUT2D eigenvalue weighted by molar-refractivity contribution is 1.11. The second-order valence-corrected chi connectivity index (χ2v) is 3.99. The molecule has 0 atom stereocenters. The second-order valence-electron chi connectivity index (χ2n) is 1.92. The molecule has 0 spiro atoms. The highest BCUT2D eigenvalue weighted by atomic mass is 32.2. The van der Waals surface area contributed by atoms with E-state index in [1.807, 2.05) is 0 Å². The maximum Gasteiger partial charge on any atom is -0.0187 e. The van der Waals surface area contributed by atoms with Gasteiger partial charge in [0.15, 0.2) is 0 Å². The van der Waals surface area contributed by atoms with Crippen molar-refractivity contribution in [2.24, 2.45) is 0 Å². The van der Waals surface area contributed by atoms with Gasteiger partial charge in [-0.1, -0.05) is 19.1 Å². The van der Waals surface area contributed by atoms with Gasteiger partial charge in [0.05, 0.1) is 0 Å². The van der Waals surface area contributed by atoms with Crippen LogP contribution in [0.5, 0.6) is 0 Å². The highest BCUT2D eigenvalue weighted by Gasteiger charge is 1.94. The summed E-state index contributed by atoms with van der Waals surface area (Å²) in [6, 6.07) is 0. The zero-order chi connectivity index (χ0) is 5.82. The van der Waals surface area contributed by atoms with Gasteiger partial charge < -0.3 is 0 Å². The fourth-order valence-corrected chi connectivity index (χ4v) is 2.33. The number of thiol groups is 1. The molecule has 0 aromatic carbocycles. The van der Waals surface area contributed by atoms with E-state index in [9.17, 15) is 0 Å². The molecule has 0 saturated carbocycles. The van der Waals surface area contributed by atoms with Crippen molar-refractivity contribution in [3.8, 4) is 0 Å². The summed E-state index contributed by atoms with van der Waals surface area (Å²) in [5.41, 5.74) is 0. The summed E-state index contributed by atoms with van der Waals surface area (Å²) < 4.78 is 0. The Kier molecular flexibility index (Phi) is 2.22. The van der Waals surface area contributed by atoms with Crippen LogP contribution >= 0.6 is 10.9 Å². The van der Waals surface area contributed by atoms with Crippen LogP contribution in [0.3, 0.4) is 0 Å². The van der Waals surface area contributed by atoms with Crippen molar-refractivity contribution in [3.05, 3.63) is 23.0 Å². The van der Waals surface area contributed by atoms with Crippen LogP contribution in [0.15, 0.2) is 23.0 Å². The molecule has 1 aliphatic rings. The minimum absolute atomic E-state index is 0.194. The molecule has 46 valence electrons. The van der Waals surface area contributed by atoms with Gasteiger partial charge in [-0.2, -0.15) is 0 Å². The van der Waals surface area contributed by atoms with Crippen LogP contribution in [0.2, 0.25) is 0 Å². The minimum Gasteiger partial charge on any atom is -0.213 e. The van der Waals surface area contributed by atoms with Crippen molar-refractivity contribution in [2.45, 2.75) is 13.3 Å². The average molecular weight is 128 g/mol. The van der Waals surface area contributed by atoms with Crippen molar-refractivity contribution in [3.63, 3.8) is 0 Å². The Bertz CT molecular complexity index is 102. The van der Waals surface area contributed by atoms with Crippen LogP contribution in [0.4, 0.5) is 0 Å². The van der Waals surface area contributed by atoms with E-state index in [2.05, 4.69) is 29.9 Å². The van der Waals surface area contributed by atoms with Gasteiger partial charge in [-0.05, 0) is 23.0 Å². The van der Waals surface area contributed by atoms with Gasteiger partial charge >= 0.3 is 0 Å². The van der Waals surface area contributed by atoms with Crippen molar-refractivity contribution in [1.82, 2.24) is 0 Å². The third kappa shape index (κ3) is 1.41. The molecule has 0 radical (unpaired) electrons. The van der Waals surface area contributed by atoms with E-state index in [0.717, 1.165) is 0 Å². The molecular weight excluding hydrogens is 116 g/mol. The molecule has 0 bridgehead atoms. The summed E-state index contributed by atoms with van der Waals surface area (Å²) in [5, 5.41) is 4.64. The van der Waals surface area contributed by atoms with E-state index in [0.29, 0.717) is 0 Å². The Hall–Kier alpha value is -0.170. The van der Waals surface area contributed by atoms with Crippen molar-refractivity contribution < 1.29 is 0 Å². The third-order valence-corrected chi connectivity index (χ3v) is 3.22. The molecule has 1 heteroatoms. The molecule has 1 rings (SSSR count). The zero-order valence-corrected chi connectivity index (χ0v) is 6.07. The van der Waals surface area contributed by atoms with Gasteiger partial charge in [-0.3, -0.25) is 0 Å². The summed E-state index contributed by atoms with van der Waals surface area (Å²) in [6.45, 7) is 2.24. The first kappa shape index (κ1) is 5.96. The molecule has 0 nitrogen and oxygen atoms in total. The molecule has 1 heterocycles. The van der Waals surface area contributed by atoms with Crippen LogP contribution in [-0.2, 0) is 0 Å². The van der Waals surface area contributed by atoms with Crippen LogP contribution < -0.4 is 0 Å². The summed E-state index contributed by atoms with van der Waals surface area (Å²) in [7, 11) is 0.194. The van der Waals surface area contributed by atoms with Crippen LogP contribution in [-0.4, -0.2) is 5.75 Å². The molecule has 0 aromatic rings. The predicted octanol–water partition coefficient (Wildman–Crippen LogP) is 2.44. The molecule has 0 aliphatic carbocycles. The molecule has 1 aliphatic heterocycles. The lowest BCUT2D eigenvalue weighted by Crippen LogP contribution is -1.75. The summed E-state index contributed by atoms with van der Waals surface area (Å²) in [5.74, 6) is 1.38. The maximum atomic E-state index is 2.32. The van der Waals surface area contributed by atoms with E-state index in [-0.39, 0.29) is 10.9 Å². The van der Waals surface area contributed by atoms with Crippen LogP contribution in [0, 0.1) is 0 Å². The minimum atomic E-state index is 0.194. The first-order valence-corrected chi connectivity index (χ1v) is 4.70. The first-order valence-electron chi connectivity index (χ1n) is 3.04. The van der Waals surface area contributed by atoms with Crippen molar-refractivity contribution in [2.75, 3.05) is 5.75 Å². The van der Waals surface area contributed by atoms with E-state index in [1.54, 1.807) is 0 Å². The maximum absolute atomic E-state index is 2.32. The van der Waals surface area contributed by atoms with Gasteiger partial charge in [0.1, 0.15) is 0 Å². The number of rotatable bonds is 2. The van der Waals surface area contributed by atoms with E-state index >= 15 is 0 Å². The fraction of sp³-hybridized carbons (Fsp3) is 0.429. The Morgan fingerprint density at radius 1 is 1.25 bits per heavy atom. The van der Waals surface area contributed by atoms with Gasteiger partial charge in [0.25, 0.3) is 0 Å². The lowest BCUT2D eigenvalue weighted by Gasteiger charge is -2.04. The molecular formula is C7H12S. The van der Waals surface area contributed by atoms with E-state index in [4.69, 9.17) is 0 Å². The van der Waals surface area contributed by atoms with Crippen molar-refractivity contribution >= 4 is 10.9 Å². The lowest BCUT2D eigenvalue weighted by atomic mass is 10.6. The quantitative estimate of drug-likeness (QED) is 0.542. The Labute approximate surface area is 53.6 Å². The number of hydrogen-bond donors (Lipinski definition) is 1. The summed E-state index contributed by atoms with van der Waals surface area (Å²) >= 11 is 0. The van der Waals surface area contributed by atoms with Gasteiger partial charge in [0, 0.05) is 0 Å². The number of allylic oxidation sites excluding steroid dienone is 2. The third-order valence-electron chi connectivity index (χ3n) is 1.15. The molecule has 0 aromatic heterocycles. The zero-order valence-electron chi connectivity index (χ0n) is 5.17. The fourth-order valence-electron chi connectivity index (χ4n) is 0.777. The monoisotopic (exact) mass is 128 g/mol. The van der Waals surface area contributed by atoms with Crippen molar-refractivity contribution in [1.29, 1.82) is 0 Å². The van der Waals surface area contributed by atoms with E-state index < -0.39 is 0 Å². The van der Waals surface area contributed by atoms with Gasteiger partial charge in [-0.15, -0.1) is 0 Å². The SMILES string of the molecule is CCC[SH]1C=CC=C1. The molecule has 0 saturated heterocycles. The van der Waals surface area contributed by atoms with E-state index in [1.165, 1.54) is 12.2 Å². The Morgan fingerprint density at radius 2 is 1.88 bits per heavy atom. The molecule has 0 amide bonds. The molecule has 0 fully saturated rings. The molecule has 0 N–H and O–H groups in total. The standard InChI is InChI=1S/C7H12S/c1-2-5-8-6-3-4-7-8/h3-4,6-8H,2,5H2,1H3. The Morgan fingerprint density at radius 3 is 2.38 bits per heavy atom. The predicted molar refractivity (Wildman–Crippen MR) is 42.4 cm³/mol. The van der Waals surface area contributed by atoms with Crippen LogP contribution in [0.1, 0.15) is 13.3 Å². The highest BCUT2D eigenvalue weighted by Crippen LogP contribution is 2.32. The van der Waals surface area contributed by atoms with Gasteiger partial charge in [0.2, 0.25) is 0 Å². The molecule has 8 heavy (non-hydrogen) atoms. The topological polar surface area (TPSA) is 0 Å². The number of hydrogen-bond acceptors (Lipinski definition) is 0. The second kappa shape index (κ2) is 2.98. The Balaban J connectivity index is 2.27. The summed E-state index contributed by atoms with van der Waals surface area (Å²) in [4.78, 5) is 0. The first-order chi connectivity index (χ1) is 3.93. The normalized spacial score (nSPS) is 20.4.